The van der Waals surface area contributed by atoms with Crippen LogP contribution in [0.25, 0.3) is 0 Å². The van der Waals surface area contributed by atoms with Crippen LogP contribution in [0.2, 0.25) is 0 Å². The quantitative estimate of drug-likeness (QED) is 0.342. The zero-order valence-corrected chi connectivity index (χ0v) is 21.4. The standard InChI is InChI=1S/C26H41N5O3/c1-7-13-28-15-20(30-21(27)8-2)26(5)23(32)19(16-31(26)6)29-24(33)17-10-9-11-18-22(17)34-14-12-25(18,3)4/h7,9-11,13,19-20,23,28,32H,8,12,14-16H2,1-6H3,(H2,27,30)(H,29,33)/b13-7-/t19-,20?,23-,26+/m1/s1. The molecule has 4 atom stereocenters. The Hall–Kier alpha value is -2.58. The van der Waals surface area contributed by atoms with E-state index in [4.69, 9.17) is 15.5 Å². The minimum absolute atomic E-state index is 0.0556. The molecule has 34 heavy (non-hydrogen) atoms. The predicted molar refractivity (Wildman–Crippen MR) is 136 cm³/mol. The van der Waals surface area contributed by atoms with Gasteiger partial charge < -0.3 is 26.2 Å². The lowest BCUT2D eigenvalue weighted by Crippen LogP contribution is -2.59. The van der Waals surface area contributed by atoms with Gasteiger partial charge in [0.1, 0.15) is 5.75 Å². The van der Waals surface area contributed by atoms with Crippen LogP contribution in [0, 0.1) is 0 Å². The fourth-order valence-electron chi connectivity index (χ4n) is 4.97. The number of benzene rings is 1. The number of aliphatic imine (C=N–C) groups is 1. The molecule has 1 aromatic rings. The van der Waals surface area contributed by atoms with Crippen molar-refractivity contribution in [2.75, 3.05) is 26.7 Å². The van der Waals surface area contributed by atoms with Crippen molar-refractivity contribution >= 4 is 11.7 Å². The third kappa shape index (κ3) is 4.93. The Kier molecular flexibility index (Phi) is 7.93. The molecule has 0 spiro atoms. The van der Waals surface area contributed by atoms with E-state index >= 15 is 0 Å². The first-order chi connectivity index (χ1) is 16.1. The Morgan fingerprint density at radius 3 is 2.82 bits per heavy atom. The second kappa shape index (κ2) is 10.4. The summed E-state index contributed by atoms with van der Waals surface area (Å²) in [5.74, 6) is 0.947. The molecule has 0 aromatic heterocycles. The number of carbonyl (C=O) groups is 1. The molecule has 1 amide bonds. The molecule has 1 fully saturated rings. The fourth-order valence-corrected chi connectivity index (χ4v) is 4.97. The van der Waals surface area contributed by atoms with Gasteiger partial charge in [-0.25, -0.2) is 0 Å². The Bertz CT molecular complexity index is 944. The molecule has 2 heterocycles. The van der Waals surface area contributed by atoms with Crippen molar-refractivity contribution in [3.8, 4) is 5.75 Å². The van der Waals surface area contributed by atoms with Gasteiger partial charge in [-0.3, -0.25) is 14.7 Å². The minimum atomic E-state index is -0.843. The van der Waals surface area contributed by atoms with Gasteiger partial charge in [-0.05, 0) is 45.0 Å². The van der Waals surface area contributed by atoms with Crippen LogP contribution in [0.15, 0.2) is 35.5 Å². The number of fused-ring (bicyclic) bond motifs is 1. The molecule has 8 nitrogen and oxygen atoms in total. The number of aliphatic hydroxyl groups excluding tert-OH is 1. The number of allylic oxidation sites excluding steroid dienone is 1. The zero-order chi connectivity index (χ0) is 25.1. The van der Waals surface area contributed by atoms with Gasteiger partial charge >= 0.3 is 0 Å². The molecule has 8 heteroatoms. The number of amidine groups is 1. The van der Waals surface area contributed by atoms with Crippen molar-refractivity contribution in [3.05, 3.63) is 41.6 Å². The van der Waals surface area contributed by atoms with Gasteiger partial charge in [0.15, 0.2) is 0 Å². The second-order valence-corrected chi connectivity index (χ2v) is 10.2. The summed E-state index contributed by atoms with van der Waals surface area (Å²) in [5.41, 5.74) is 6.87. The summed E-state index contributed by atoms with van der Waals surface area (Å²) >= 11 is 0. The molecule has 0 aliphatic carbocycles. The van der Waals surface area contributed by atoms with Gasteiger partial charge in [0.2, 0.25) is 0 Å². The summed E-state index contributed by atoms with van der Waals surface area (Å²) in [5, 5.41) is 17.8. The van der Waals surface area contributed by atoms with E-state index in [0.717, 1.165) is 12.0 Å². The first-order valence-electron chi connectivity index (χ1n) is 12.2. The minimum Gasteiger partial charge on any atom is -0.492 e. The maximum atomic E-state index is 13.4. The monoisotopic (exact) mass is 471 g/mol. The van der Waals surface area contributed by atoms with Crippen molar-refractivity contribution in [1.29, 1.82) is 0 Å². The summed E-state index contributed by atoms with van der Waals surface area (Å²) < 4.78 is 5.93. The number of amides is 1. The number of nitrogens with two attached hydrogens (primary N) is 1. The second-order valence-electron chi connectivity index (χ2n) is 10.2. The average molecular weight is 472 g/mol. The highest BCUT2D eigenvalue weighted by Gasteiger charge is 2.53. The number of para-hydroxylation sites is 1. The molecule has 0 bridgehead atoms. The van der Waals surface area contributed by atoms with Crippen LogP contribution >= 0.6 is 0 Å². The van der Waals surface area contributed by atoms with E-state index in [2.05, 4.69) is 29.4 Å². The Morgan fingerprint density at radius 2 is 2.15 bits per heavy atom. The summed E-state index contributed by atoms with van der Waals surface area (Å²) in [6.45, 7) is 11.8. The maximum absolute atomic E-state index is 13.4. The van der Waals surface area contributed by atoms with Gasteiger partial charge in [0.05, 0.1) is 41.7 Å². The van der Waals surface area contributed by atoms with E-state index in [0.29, 0.717) is 43.3 Å². The van der Waals surface area contributed by atoms with E-state index in [1.54, 1.807) is 6.07 Å². The van der Waals surface area contributed by atoms with E-state index in [1.165, 1.54) is 0 Å². The third-order valence-corrected chi connectivity index (χ3v) is 7.51. The van der Waals surface area contributed by atoms with Crippen LogP contribution in [0.3, 0.4) is 0 Å². The molecule has 1 unspecified atom stereocenters. The molecule has 2 aliphatic heterocycles. The van der Waals surface area contributed by atoms with E-state index in [1.807, 2.05) is 52.2 Å². The molecule has 1 saturated heterocycles. The molecule has 2 aliphatic rings. The third-order valence-electron chi connectivity index (χ3n) is 7.51. The normalized spacial score (nSPS) is 27.8. The summed E-state index contributed by atoms with van der Waals surface area (Å²) in [4.78, 5) is 20.2. The molecule has 3 rings (SSSR count). The Balaban J connectivity index is 1.84. The molecule has 1 aromatic carbocycles. The fraction of sp³-hybridized carbons (Fsp3) is 0.615. The smallest absolute Gasteiger partial charge is 0.255 e. The van der Waals surface area contributed by atoms with Gasteiger partial charge in [-0.1, -0.05) is 39.0 Å². The molecule has 0 saturated carbocycles. The van der Waals surface area contributed by atoms with Crippen molar-refractivity contribution < 1.29 is 14.6 Å². The van der Waals surface area contributed by atoms with Crippen molar-refractivity contribution in [2.24, 2.45) is 10.7 Å². The summed E-state index contributed by atoms with van der Waals surface area (Å²) in [7, 11) is 1.95. The van der Waals surface area contributed by atoms with Crippen LogP contribution in [0.4, 0.5) is 0 Å². The van der Waals surface area contributed by atoms with Crippen LogP contribution in [-0.2, 0) is 5.41 Å². The number of ether oxygens (including phenoxy) is 1. The number of aliphatic hydroxyl groups is 1. The maximum Gasteiger partial charge on any atom is 0.255 e. The molecule has 188 valence electrons. The largest absolute Gasteiger partial charge is 0.492 e. The van der Waals surface area contributed by atoms with Gasteiger partial charge in [0.25, 0.3) is 5.91 Å². The van der Waals surface area contributed by atoms with Crippen molar-refractivity contribution in [2.45, 2.75) is 76.6 Å². The lowest BCUT2D eigenvalue weighted by atomic mass is 9.79. The lowest BCUT2D eigenvalue weighted by Gasteiger charge is -2.40. The number of rotatable bonds is 8. The number of hydrogen-bond acceptors (Lipinski definition) is 6. The highest BCUT2D eigenvalue weighted by Crippen LogP contribution is 2.40. The molecular formula is C26H41N5O3. The van der Waals surface area contributed by atoms with Crippen LogP contribution in [-0.4, -0.2) is 72.2 Å². The lowest BCUT2D eigenvalue weighted by molar-refractivity contribution is 0.0272. The topological polar surface area (TPSA) is 112 Å². The van der Waals surface area contributed by atoms with E-state index in [-0.39, 0.29) is 17.4 Å². The molecular weight excluding hydrogens is 430 g/mol. The van der Waals surface area contributed by atoms with Crippen LogP contribution in [0.1, 0.15) is 63.4 Å². The number of nitrogens with zero attached hydrogens (tertiary/aromatic N) is 2. The number of nitrogens with one attached hydrogen (secondary N) is 2. The highest BCUT2D eigenvalue weighted by atomic mass is 16.5. The zero-order valence-electron chi connectivity index (χ0n) is 21.4. The number of likely N-dealkylation sites (tertiary alicyclic amines) is 1. The van der Waals surface area contributed by atoms with Gasteiger partial charge in [-0.15, -0.1) is 0 Å². The van der Waals surface area contributed by atoms with Gasteiger partial charge in [0, 0.05) is 25.1 Å². The SMILES string of the molecule is C/C=C\NCC(N=C(N)CC)[C@@]1(C)[C@H](O)[C@H](NC(=O)c2cccc3c2OCCC3(C)C)CN1C. The van der Waals surface area contributed by atoms with Crippen LogP contribution < -0.4 is 21.1 Å². The molecule has 5 N–H and O–H groups in total. The summed E-state index contributed by atoms with van der Waals surface area (Å²) in [6, 6.07) is 4.95. The molecule has 0 radical (unpaired) electrons. The Labute approximate surface area is 203 Å². The Morgan fingerprint density at radius 1 is 1.41 bits per heavy atom. The van der Waals surface area contributed by atoms with E-state index < -0.39 is 17.7 Å². The first kappa shape index (κ1) is 26.0. The number of carbonyl (C=O) groups excluding carboxylic acids is 1. The summed E-state index contributed by atoms with van der Waals surface area (Å²) in [6.07, 6.45) is 4.46. The number of likely N-dealkylation sites (N-methyl/N-ethyl adjacent to an activating group) is 1. The average Bonchev–Trinajstić information content (AvgIpc) is 3.01. The van der Waals surface area contributed by atoms with E-state index in [9.17, 15) is 9.90 Å². The van der Waals surface area contributed by atoms with Crippen molar-refractivity contribution in [1.82, 2.24) is 15.5 Å². The van der Waals surface area contributed by atoms with Crippen LogP contribution in [0.5, 0.6) is 5.75 Å². The predicted octanol–water partition coefficient (Wildman–Crippen LogP) is 2.17. The highest BCUT2D eigenvalue weighted by molar-refractivity contribution is 5.97. The van der Waals surface area contributed by atoms with Crippen molar-refractivity contribution in [3.63, 3.8) is 0 Å². The van der Waals surface area contributed by atoms with Gasteiger partial charge in [-0.2, -0.15) is 0 Å². The first-order valence-corrected chi connectivity index (χ1v) is 12.2. The number of hydrogen-bond donors (Lipinski definition) is 4.